The highest BCUT2D eigenvalue weighted by molar-refractivity contribution is 6.31. The first-order valence-electron chi connectivity index (χ1n) is 8.25. The largest absolute Gasteiger partial charge is 0.322 e. The number of nitrogens with one attached hydrogen (secondary N) is 1. The number of benzene rings is 2. The fourth-order valence-corrected chi connectivity index (χ4v) is 3.43. The van der Waals surface area contributed by atoms with Gasteiger partial charge in [0.1, 0.15) is 11.6 Å². The second-order valence-corrected chi connectivity index (χ2v) is 6.64. The predicted octanol–water partition coefficient (Wildman–Crippen LogP) is 4.26. The van der Waals surface area contributed by atoms with Gasteiger partial charge < -0.3 is 5.32 Å². The lowest BCUT2D eigenvalue weighted by Crippen LogP contribution is -2.38. The van der Waals surface area contributed by atoms with E-state index in [0.717, 1.165) is 54.6 Å². The number of anilines is 1. The molecule has 0 spiro atoms. The van der Waals surface area contributed by atoms with Gasteiger partial charge in [-0.15, -0.1) is 0 Å². The number of rotatable bonds is 5. The summed E-state index contributed by atoms with van der Waals surface area (Å²) in [5, 5.41) is 3.17. The Hall–Kier alpha value is -1.98. The van der Waals surface area contributed by atoms with E-state index in [1.807, 2.05) is 24.3 Å². The standard InChI is InChI=1S/C19H19ClF2N2O/c20-16-6-2-1-4-13(16)10-15-5-3-9-24(15)12-19(25)23-18-11-14(21)7-8-17(18)22/h1-2,4,6-8,11,15H,3,5,9-10,12H2,(H,23,25). The van der Waals surface area contributed by atoms with Gasteiger partial charge in [-0.2, -0.15) is 0 Å². The second-order valence-electron chi connectivity index (χ2n) is 6.23. The number of amides is 1. The third kappa shape index (κ3) is 4.55. The Morgan fingerprint density at radius 3 is 2.84 bits per heavy atom. The lowest BCUT2D eigenvalue weighted by atomic mass is 10.0. The van der Waals surface area contributed by atoms with Crippen molar-refractivity contribution in [1.82, 2.24) is 4.90 Å². The summed E-state index contributed by atoms with van der Waals surface area (Å²) >= 11 is 6.22. The van der Waals surface area contributed by atoms with Crippen molar-refractivity contribution in [3.8, 4) is 0 Å². The van der Waals surface area contributed by atoms with E-state index in [0.29, 0.717) is 0 Å². The molecule has 132 valence electrons. The van der Waals surface area contributed by atoms with Crippen LogP contribution in [-0.4, -0.2) is 29.9 Å². The summed E-state index contributed by atoms with van der Waals surface area (Å²) in [7, 11) is 0. The van der Waals surface area contributed by atoms with Gasteiger partial charge in [0, 0.05) is 17.1 Å². The van der Waals surface area contributed by atoms with Crippen LogP contribution in [0.15, 0.2) is 42.5 Å². The van der Waals surface area contributed by atoms with Crippen molar-refractivity contribution < 1.29 is 13.6 Å². The molecule has 1 saturated heterocycles. The molecule has 1 heterocycles. The SMILES string of the molecule is O=C(CN1CCCC1Cc1ccccc1Cl)Nc1cc(F)ccc1F. The smallest absolute Gasteiger partial charge is 0.238 e. The van der Waals surface area contributed by atoms with Gasteiger partial charge in [-0.25, -0.2) is 8.78 Å². The third-order valence-corrected chi connectivity index (χ3v) is 4.83. The molecule has 0 aliphatic carbocycles. The Morgan fingerprint density at radius 2 is 2.04 bits per heavy atom. The molecule has 6 heteroatoms. The Kier molecular flexibility index (Phi) is 5.66. The number of hydrogen-bond acceptors (Lipinski definition) is 2. The number of carbonyl (C=O) groups excluding carboxylic acids is 1. The minimum atomic E-state index is -0.649. The molecular weight excluding hydrogens is 346 g/mol. The van der Waals surface area contributed by atoms with Crippen LogP contribution in [0, 0.1) is 11.6 Å². The number of halogens is 3. The maximum absolute atomic E-state index is 13.6. The molecule has 1 atom stereocenters. The van der Waals surface area contributed by atoms with E-state index in [4.69, 9.17) is 11.6 Å². The average molecular weight is 365 g/mol. The van der Waals surface area contributed by atoms with Gasteiger partial charge in [0.2, 0.25) is 5.91 Å². The van der Waals surface area contributed by atoms with Gasteiger partial charge in [0.05, 0.1) is 12.2 Å². The first-order valence-corrected chi connectivity index (χ1v) is 8.63. The third-order valence-electron chi connectivity index (χ3n) is 4.46. The van der Waals surface area contributed by atoms with Crippen LogP contribution in [0.3, 0.4) is 0 Å². The molecule has 1 unspecified atom stereocenters. The second kappa shape index (κ2) is 7.93. The molecule has 1 aliphatic heterocycles. The Balaban J connectivity index is 1.62. The van der Waals surface area contributed by atoms with Crippen LogP contribution in [-0.2, 0) is 11.2 Å². The van der Waals surface area contributed by atoms with Crippen LogP contribution < -0.4 is 5.32 Å². The molecule has 0 saturated carbocycles. The van der Waals surface area contributed by atoms with Crippen molar-refractivity contribution in [3.63, 3.8) is 0 Å². The van der Waals surface area contributed by atoms with Gasteiger partial charge in [0.25, 0.3) is 0 Å². The van der Waals surface area contributed by atoms with Gasteiger partial charge in [-0.1, -0.05) is 29.8 Å². The summed E-state index contributed by atoms with van der Waals surface area (Å²) in [6, 6.07) is 10.9. The van der Waals surface area contributed by atoms with E-state index in [1.165, 1.54) is 0 Å². The molecule has 3 rings (SSSR count). The van der Waals surface area contributed by atoms with Crippen molar-refractivity contribution in [1.29, 1.82) is 0 Å². The molecule has 2 aromatic rings. The zero-order valence-electron chi connectivity index (χ0n) is 13.6. The highest BCUT2D eigenvalue weighted by Crippen LogP contribution is 2.25. The first-order chi connectivity index (χ1) is 12.0. The topological polar surface area (TPSA) is 32.3 Å². The van der Waals surface area contributed by atoms with Crippen LogP contribution in [0.4, 0.5) is 14.5 Å². The monoisotopic (exact) mass is 364 g/mol. The zero-order valence-corrected chi connectivity index (χ0v) is 14.4. The minimum absolute atomic E-state index is 0.133. The Morgan fingerprint density at radius 1 is 1.24 bits per heavy atom. The number of nitrogens with zero attached hydrogens (tertiary/aromatic N) is 1. The molecule has 1 amide bonds. The van der Waals surface area contributed by atoms with Crippen molar-refractivity contribution in [2.75, 3.05) is 18.4 Å². The van der Waals surface area contributed by atoms with E-state index < -0.39 is 11.6 Å². The quantitative estimate of drug-likeness (QED) is 0.859. The molecule has 25 heavy (non-hydrogen) atoms. The predicted molar refractivity (Wildman–Crippen MR) is 94.7 cm³/mol. The van der Waals surface area contributed by atoms with Crippen molar-refractivity contribution in [2.45, 2.75) is 25.3 Å². The summed E-state index contributed by atoms with van der Waals surface area (Å²) < 4.78 is 26.8. The maximum atomic E-state index is 13.6. The summed E-state index contributed by atoms with van der Waals surface area (Å²) in [6.45, 7) is 0.944. The van der Waals surface area contributed by atoms with E-state index in [-0.39, 0.29) is 24.2 Å². The summed E-state index contributed by atoms with van der Waals surface area (Å²) in [5.41, 5.74) is 0.921. The number of carbonyl (C=O) groups is 1. The Bertz CT molecular complexity index is 769. The first kappa shape index (κ1) is 17.8. The van der Waals surface area contributed by atoms with Gasteiger partial charge in [0.15, 0.2) is 0 Å². The van der Waals surface area contributed by atoms with Crippen LogP contribution in [0.1, 0.15) is 18.4 Å². The van der Waals surface area contributed by atoms with Gasteiger partial charge in [-0.3, -0.25) is 9.69 Å². The lowest BCUT2D eigenvalue weighted by Gasteiger charge is -2.24. The van der Waals surface area contributed by atoms with Gasteiger partial charge in [-0.05, 0) is 49.6 Å². The molecule has 1 fully saturated rings. The molecule has 2 aromatic carbocycles. The van der Waals surface area contributed by atoms with Crippen molar-refractivity contribution in [3.05, 3.63) is 64.7 Å². The Labute approximate surface area is 150 Å². The van der Waals surface area contributed by atoms with Gasteiger partial charge >= 0.3 is 0 Å². The van der Waals surface area contributed by atoms with Crippen LogP contribution in [0.5, 0.6) is 0 Å². The van der Waals surface area contributed by atoms with E-state index in [2.05, 4.69) is 10.2 Å². The molecule has 1 aliphatic rings. The minimum Gasteiger partial charge on any atom is -0.322 e. The fourth-order valence-electron chi connectivity index (χ4n) is 3.22. The van der Waals surface area contributed by atoms with Crippen LogP contribution >= 0.6 is 11.6 Å². The zero-order chi connectivity index (χ0) is 17.8. The fraction of sp³-hybridized carbons (Fsp3) is 0.316. The lowest BCUT2D eigenvalue weighted by molar-refractivity contribution is -0.117. The molecule has 0 radical (unpaired) electrons. The van der Waals surface area contributed by atoms with E-state index in [9.17, 15) is 13.6 Å². The van der Waals surface area contributed by atoms with Crippen molar-refractivity contribution >= 4 is 23.2 Å². The van der Waals surface area contributed by atoms with Crippen LogP contribution in [0.25, 0.3) is 0 Å². The molecule has 0 aromatic heterocycles. The summed E-state index contributed by atoms with van der Waals surface area (Å²) in [5.74, 6) is -1.59. The summed E-state index contributed by atoms with van der Waals surface area (Å²) in [6.07, 6.45) is 2.74. The van der Waals surface area contributed by atoms with E-state index in [1.54, 1.807) is 0 Å². The van der Waals surface area contributed by atoms with E-state index >= 15 is 0 Å². The number of hydrogen-bond donors (Lipinski definition) is 1. The highest BCUT2D eigenvalue weighted by atomic mass is 35.5. The summed E-state index contributed by atoms with van der Waals surface area (Å²) in [4.78, 5) is 14.3. The normalized spacial score (nSPS) is 17.6. The maximum Gasteiger partial charge on any atom is 0.238 e. The molecule has 1 N–H and O–H groups in total. The highest BCUT2D eigenvalue weighted by Gasteiger charge is 2.27. The average Bonchev–Trinajstić information content (AvgIpc) is 3.00. The molecular formula is C19H19ClF2N2O. The molecule has 0 bridgehead atoms. The van der Waals surface area contributed by atoms with Crippen LogP contribution in [0.2, 0.25) is 5.02 Å². The van der Waals surface area contributed by atoms with Crippen molar-refractivity contribution in [2.24, 2.45) is 0 Å². The molecule has 3 nitrogen and oxygen atoms in total. The number of likely N-dealkylation sites (tertiary alicyclic amines) is 1.